The van der Waals surface area contributed by atoms with Crippen molar-refractivity contribution in [2.24, 2.45) is 18.8 Å². The SMILES string of the molecule is COc1cnn(C)c1C(NN)C1CCCCCCC1. The Labute approximate surface area is 115 Å². The maximum Gasteiger partial charge on any atom is 0.161 e. The third-order valence-corrected chi connectivity index (χ3v) is 4.26. The molecule has 0 aromatic carbocycles. The van der Waals surface area contributed by atoms with Gasteiger partial charge in [-0.1, -0.05) is 32.1 Å². The predicted molar refractivity (Wildman–Crippen MR) is 75.6 cm³/mol. The molecule has 0 bridgehead atoms. The largest absolute Gasteiger partial charge is 0.493 e. The highest BCUT2D eigenvalue weighted by Gasteiger charge is 2.28. The maximum atomic E-state index is 5.83. The monoisotopic (exact) mass is 266 g/mol. The second-order valence-electron chi connectivity index (χ2n) is 5.47. The summed E-state index contributed by atoms with van der Waals surface area (Å²) < 4.78 is 7.29. The number of nitrogens with zero attached hydrogens (tertiary/aromatic N) is 2. The quantitative estimate of drug-likeness (QED) is 0.648. The molecule has 1 aliphatic rings. The number of aryl methyl sites for hydroxylation is 1. The second-order valence-corrected chi connectivity index (χ2v) is 5.47. The van der Waals surface area contributed by atoms with Crippen LogP contribution in [0.25, 0.3) is 0 Å². The van der Waals surface area contributed by atoms with Crippen molar-refractivity contribution in [1.82, 2.24) is 15.2 Å². The molecular weight excluding hydrogens is 240 g/mol. The van der Waals surface area contributed by atoms with E-state index in [4.69, 9.17) is 10.6 Å². The Morgan fingerprint density at radius 2 is 1.95 bits per heavy atom. The molecule has 0 aliphatic heterocycles. The molecule has 1 saturated carbocycles. The molecule has 1 heterocycles. The van der Waals surface area contributed by atoms with E-state index in [2.05, 4.69) is 10.5 Å². The summed E-state index contributed by atoms with van der Waals surface area (Å²) in [5, 5.41) is 4.29. The first kappa shape index (κ1) is 14.3. The Morgan fingerprint density at radius 1 is 1.32 bits per heavy atom. The molecule has 1 unspecified atom stereocenters. The van der Waals surface area contributed by atoms with Crippen LogP contribution in [0.4, 0.5) is 0 Å². The van der Waals surface area contributed by atoms with Gasteiger partial charge in [0.25, 0.3) is 0 Å². The molecule has 5 nitrogen and oxygen atoms in total. The third-order valence-electron chi connectivity index (χ3n) is 4.26. The molecular formula is C14H26N4O. The number of hydrogen-bond donors (Lipinski definition) is 2. The number of nitrogens with two attached hydrogens (primary N) is 1. The van der Waals surface area contributed by atoms with Gasteiger partial charge in [-0.15, -0.1) is 0 Å². The van der Waals surface area contributed by atoms with Gasteiger partial charge < -0.3 is 4.74 Å². The lowest BCUT2D eigenvalue weighted by Crippen LogP contribution is -2.35. The van der Waals surface area contributed by atoms with Crippen molar-refractivity contribution in [3.63, 3.8) is 0 Å². The predicted octanol–water partition coefficient (Wildman–Crippen LogP) is 2.29. The van der Waals surface area contributed by atoms with Crippen LogP contribution in [0.2, 0.25) is 0 Å². The van der Waals surface area contributed by atoms with Crippen molar-refractivity contribution in [1.29, 1.82) is 0 Å². The molecule has 1 aromatic heterocycles. The molecule has 0 saturated heterocycles. The molecule has 2 rings (SSSR count). The third kappa shape index (κ3) is 3.28. The van der Waals surface area contributed by atoms with E-state index in [1.165, 1.54) is 44.9 Å². The molecule has 3 N–H and O–H groups in total. The van der Waals surface area contributed by atoms with Crippen LogP contribution in [-0.2, 0) is 7.05 Å². The number of ether oxygens (including phenoxy) is 1. The average molecular weight is 266 g/mol. The molecule has 0 amide bonds. The van der Waals surface area contributed by atoms with Crippen LogP contribution in [0.5, 0.6) is 5.75 Å². The molecule has 0 spiro atoms. The minimum absolute atomic E-state index is 0.126. The fourth-order valence-electron chi connectivity index (χ4n) is 3.20. The van der Waals surface area contributed by atoms with Gasteiger partial charge in [0, 0.05) is 7.05 Å². The molecule has 5 heteroatoms. The summed E-state index contributed by atoms with van der Waals surface area (Å²) in [7, 11) is 3.64. The van der Waals surface area contributed by atoms with Crippen LogP contribution >= 0.6 is 0 Å². The fourth-order valence-corrected chi connectivity index (χ4v) is 3.20. The highest BCUT2D eigenvalue weighted by atomic mass is 16.5. The van der Waals surface area contributed by atoms with Crippen LogP contribution < -0.4 is 16.0 Å². The molecule has 108 valence electrons. The Morgan fingerprint density at radius 3 is 2.53 bits per heavy atom. The fraction of sp³-hybridized carbons (Fsp3) is 0.786. The minimum atomic E-state index is 0.126. The maximum absolute atomic E-state index is 5.83. The zero-order valence-corrected chi connectivity index (χ0v) is 12.1. The number of nitrogens with one attached hydrogen (secondary N) is 1. The molecule has 19 heavy (non-hydrogen) atoms. The summed E-state index contributed by atoms with van der Waals surface area (Å²) in [6.45, 7) is 0. The molecule has 1 aromatic rings. The lowest BCUT2D eigenvalue weighted by atomic mass is 9.84. The highest BCUT2D eigenvalue weighted by Crippen LogP contribution is 2.35. The first-order valence-corrected chi connectivity index (χ1v) is 7.30. The first-order valence-electron chi connectivity index (χ1n) is 7.30. The van der Waals surface area contributed by atoms with Gasteiger partial charge >= 0.3 is 0 Å². The van der Waals surface area contributed by atoms with Crippen LogP contribution in [0.15, 0.2) is 6.20 Å². The minimum Gasteiger partial charge on any atom is -0.493 e. The number of rotatable bonds is 4. The zero-order valence-electron chi connectivity index (χ0n) is 12.1. The Hall–Kier alpha value is -1.07. The van der Waals surface area contributed by atoms with E-state index in [0.717, 1.165) is 11.4 Å². The first-order chi connectivity index (χ1) is 9.27. The van der Waals surface area contributed by atoms with Crippen LogP contribution in [0.1, 0.15) is 56.7 Å². The van der Waals surface area contributed by atoms with E-state index < -0.39 is 0 Å². The van der Waals surface area contributed by atoms with Gasteiger partial charge in [-0.05, 0) is 18.8 Å². The molecule has 1 atom stereocenters. The van der Waals surface area contributed by atoms with Crippen LogP contribution in [-0.4, -0.2) is 16.9 Å². The standard InChI is InChI=1S/C14H26N4O/c1-18-14(12(19-2)10-16-18)13(17-15)11-8-6-4-3-5-7-9-11/h10-11,13,17H,3-9,15H2,1-2H3. The van der Waals surface area contributed by atoms with E-state index in [-0.39, 0.29) is 6.04 Å². The zero-order chi connectivity index (χ0) is 13.7. The van der Waals surface area contributed by atoms with Gasteiger partial charge in [0.05, 0.1) is 25.0 Å². The van der Waals surface area contributed by atoms with Crippen molar-refractivity contribution in [3.05, 3.63) is 11.9 Å². The smallest absolute Gasteiger partial charge is 0.161 e. The summed E-state index contributed by atoms with van der Waals surface area (Å²) in [6.07, 6.45) is 10.9. The van der Waals surface area contributed by atoms with Gasteiger partial charge in [0.2, 0.25) is 0 Å². The summed E-state index contributed by atoms with van der Waals surface area (Å²) in [6, 6.07) is 0.126. The summed E-state index contributed by atoms with van der Waals surface area (Å²) >= 11 is 0. The topological polar surface area (TPSA) is 65.1 Å². The van der Waals surface area contributed by atoms with Crippen molar-refractivity contribution >= 4 is 0 Å². The summed E-state index contributed by atoms with van der Waals surface area (Å²) in [4.78, 5) is 0. The number of hydrazine groups is 1. The van der Waals surface area contributed by atoms with Gasteiger partial charge in [-0.25, -0.2) is 0 Å². The van der Waals surface area contributed by atoms with Gasteiger partial charge in [-0.2, -0.15) is 5.10 Å². The Bertz CT molecular complexity index is 383. The lowest BCUT2D eigenvalue weighted by Gasteiger charge is -2.28. The van der Waals surface area contributed by atoms with E-state index >= 15 is 0 Å². The normalized spacial score (nSPS) is 19.7. The van der Waals surface area contributed by atoms with Crippen molar-refractivity contribution in [2.45, 2.75) is 51.0 Å². The van der Waals surface area contributed by atoms with E-state index in [1.807, 2.05) is 11.7 Å². The Balaban J connectivity index is 2.19. The summed E-state index contributed by atoms with van der Waals surface area (Å²) in [5.41, 5.74) is 4.06. The van der Waals surface area contributed by atoms with E-state index in [0.29, 0.717) is 5.92 Å². The molecule has 0 radical (unpaired) electrons. The van der Waals surface area contributed by atoms with Crippen LogP contribution in [0, 0.1) is 5.92 Å². The molecule has 1 fully saturated rings. The lowest BCUT2D eigenvalue weighted by molar-refractivity contribution is 0.273. The van der Waals surface area contributed by atoms with E-state index in [9.17, 15) is 0 Å². The van der Waals surface area contributed by atoms with Crippen molar-refractivity contribution < 1.29 is 4.74 Å². The van der Waals surface area contributed by atoms with Gasteiger partial charge in [0.1, 0.15) is 0 Å². The number of hydrogen-bond acceptors (Lipinski definition) is 4. The van der Waals surface area contributed by atoms with Gasteiger partial charge in [-0.3, -0.25) is 16.0 Å². The summed E-state index contributed by atoms with van der Waals surface area (Å²) in [5.74, 6) is 7.22. The number of methoxy groups -OCH3 is 1. The van der Waals surface area contributed by atoms with Crippen LogP contribution in [0.3, 0.4) is 0 Å². The van der Waals surface area contributed by atoms with Crippen molar-refractivity contribution in [3.8, 4) is 5.75 Å². The van der Waals surface area contributed by atoms with Gasteiger partial charge in [0.15, 0.2) is 5.75 Å². The number of aromatic nitrogens is 2. The second kappa shape index (κ2) is 6.91. The Kier molecular flexibility index (Phi) is 5.22. The van der Waals surface area contributed by atoms with E-state index in [1.54, 1.807) is 13.3 Å². The average Bonchev–Trinajstić information content (AvgIpc) is 2.74. The van der Waals surface area contributed by atoms with Crippen molar-refractivity contribution in [2.75, 3.05) is 7.11 Å². The molecule has 1 aliphatic carbocycles. The highest BCUT2D eigenvalue weighted by molar-refractivity contribution is 5.28.